The van der Waals surface area contributed by atoms with E-state index in [1.165, 1.54) is 12.1 Å². The SMILES string of the molecule is C#Cc1cccc([N+](=O)[O-])c1.CC. The Hall–Kier alpha value is -1.82. The van der Waals surface area contributed by atoms with Crippen LogP contribution in [0.5, 0.6) is 0 Å². The van der Waals surface area contributed by atoms with Crippen molar-refractivity contribution in [3.8, 4) is 12.3 Å². The van der Waals surface area contributed by atoms with Crippen molar-refractivity contribution in [1.82, 2.24) is 0 Å². The van der Waals surface area contributed by atoms with Gasteiger partial charge in [-0.3, -0.25) is 10.1 Å². The quantitative estimate of drug-likeness (QED) is 0.376. The summed E-state index contributed by atoms with van der Waals surface area (Å²) in [5.41, 5.74) is 0.555. The van der Waals surface area contributed by atoms with Gasteiger partial charge in [-0.15, -0.1) is 6.42 Å². The summed E-state index contributed by atoms with van der Waals surface area (Å²) < 4.78 is 0. The van der Waals surface area contributed by atoms with Crippen LogP contribution in [0, 0.1) is 22.5 Å². The molecule has 0 atom stereocenters. The van der Waals surface area contributed by atoms with E-state index in [2.05, 4.69) is 5.92 Å². The lowest BCUT2D eigenvalue weighted by Crippen LogP contribution is -1.87. The van der Waals surface area contributed by atoms with Crippen molar-refractivity contribution in [3.63, 3.8) is 0 Å². The van der Waals surface area contributed by atoms with Crippen molar-refractivity contribution in [2.24, 2.45) is 0 Å². The molecule has 0 N–H and O–H groups in total. The van der Waals surface area contributed by atoms with Crippen molar-refractivity contribution < 1.29 is 4.92 Å². The topological polar surface area (TPSA) is 43.1 Å². The molecule has 0 spiro atoms. The zero-order valence-corrected chi connectivity index (χ0v) is 7.65. The summed E-state index contributed by atoms with van der Waals surface area (Å²) in [5, 5.41) is 10.2. The number of nitro groups is 1. The van der Waals surface area contributed by atoms with Crippen molar-refractivity contribution >= 4 is 5.69 Å². The fourth-order valence-electron chi connectivity index (χ4n) is 0.709. The summed E-state index contributed by atoms with van der Waals surface area (Å²) in [6, 6.07) is 5.97. The zero-order chi connectivity index (χ0) is 10.3. The van der Waals surface area contributed by atoms with E-state index >= 15 is 0 Å². The maximum atomic E-state index is 10.2. The number of terminal acetylenes is 1. The number of non-ortho nitro benzene ring substituents is 1. The van der Waals surface area contributed by atoms with Gasteiger partial charge in [0.1, 0.15) is 0 Å². The monoisotopic (exact) mass is 177 g/mol. The third-order valence-corrected chi connectivity index (χ3v) is 1.22. The largest absolute Gasteiger partial charge is 0.270 e. The van der Waals surface area contributed by atoms with E-state index in [9.17, 15) is 10.1 Å². The van der Waals surface area contributed by atoms with Gasteiger partial charge in [0.2, 0.25) is 0 Å². The molecule has 0 radical (unpaired) electrons. The Kier molecular flexibility index (Phi) is 4.97. The first-order valence-corrected chi connectivity index (χ1v) is 3.95. The highest BCUT2D eigenvalue weighted by Gasteiger charge is 2.02. The fraction of sp³-hybridized carbons (Fsp3) is 0.200. The molecule has 68 valence electrons. The summed E-state index contributed by atoms with van der Waals surface area (Å²) >= 11 is 0. The van der Waals surface area contributed by atoms with Gasteiger partial charge in [-0.2, -0.15) is 0 Å². The first kappa shape index (κ1) is 11.2. The van der Waals surface area contributed by atoms with E-state index in [1.54, 1.807) is 12.1 Å². The molecule has 13 heavy (non-hydrogen) atoms. The van der Waals surface area contributed by atoms with Gasteiger partial charge in [0.25, 0.3) is 5.69 Å². The Bertz CT molecular complexity index is 326. The molecule has 3 heteroatoms. The van der Waals surface area contributed by atoms with E-state index in [0.717, 1.165) is 0 Å². The maximum Gasteiger partial charge on any atom is 0.270 e. The average Bonchev–Trinajstić information content (AvgIpc) is 2.21. The molecule has 0 saturated heterocycles. The number of hydrogen-bond donors (Lipinski definition) is 0. The third kappa shape index (κ3) is 3.39. The second-order valence-electron chi connectivity index (χ2n) is 1.95. The van der Waals surface area contributed by atoms with Gasteiger partial charge >= 0.3 is 0 Å². The summed E-state index contributed by atoms with van der Waals surface area (Å²) in [4.78, 5) is 9.73. The van der Waals surface area contributed by atoms with E-state index in [0.29, 0.717) is 5.56 Å². The molecule has 0 aliphatic carbocycles. The third-order valence-electron chi connectivity index (χ3n) is 1.22. The average molecular weight is 177 g/mol. The van der Waals surface area contributed by atoms with Crippen LogP contribution in [0.1, 0.15) is 19.4 Å². The first-order chi connectivity index (χ1) is 6.24. The number of benzene rings is 1. The maximum absolute atomic E-state index is 10.2. The summed E-state index contributed by atoms with van der Waals surface area (Å²) in [6.07, 6.45) is 5.05. The van der Waals surface area contributed by atoms with Gasteiger partial charge in [-0.1, -0.05) is 25.8 Å². The molecule has 0 bridgehead atoms. The van der Waals surface area contributed by atoms with Crippen LogP contribution < -0.4 is 0 Å². The summed E-state index contributed by atoms with van der Waals surface area (Å²) in [7, 11) is 0. The van der Waals surface area contributed by atoms with Crippen molar-refractivity contribution in [3.05, 3.63) is 39.9 Å². The molecule has 1 aromatic rings. The summed E-state index contributed by atoms with van der Waals surface area (Å²) in [6.45, 7) is 4.00. The van der Waals surface area contributed by atoms with Gasteiger partial charge < -0.3 is 0 Å². The van der Waals surface area contributed by atoms with Crippen molar-refractivity contribution in [1.29, 1.82) is 0 Å². The predicted octanol–water partition coefficient (Wildman–Crippen LogP) is 2.60. The van der Waals surface area contributed by atoms with Crippen LogP contribution in [0.25, 0.3) is 0 Å². The van der Waals surface area contributed by atoms with Crippen LogP contribution in [0.15, 0.2) is 24.3 Å². The van der Waals surface area contributed by atoms with Crippen LogP contribution in [-0.4, -0.2) is 4.92 Å². The van der Waals surface area contributed by atoms with E-state index in [1.807, 2.05) is 13.8 Å². The molecule has 0 saturated carbocycles. The van der Waals surface area contributed by atoms with Gasteiger partial charge in [-0.05, 0) is 6.07 Å². The van der Waals surface area contributed by atoms with Crippen LogP contribution in [0.4, 0.5) is 5.69 Å². The van der Waals surface area contributed by atoms with E-state index in [-0.39, 0.29) is 5.69 Å². The Labute approximate surface area is 77.5 Å². The van der Waals surface area contributed by atoms with Crippen LogP contribution in [-0.2, 0) is 0 Å². The second-order valence-corrected chi connectivity index (χ2v) is 1.95. The summed E-state index contributed by atoms with van der Waals surface area (Å²) in [5.74, 6) is 2.32. The van der Waals surface area contributed by atoms with E-state index in [4.69, 9.17) is 6.42 Å². The molecule has 1 aromatic carbocycles. The van der Waals surface area contributed by atoms with Gasteiger partial charge in [0.15, 0.2) is 0 Å². The zero-order valence-electron chi connectivity index (χ0n) is 7.65. The van der Waals surface area contributed by atoms with Crippen molar-refractivity contribution in [2.75, 3.05) is 0 Å². The second kappa shape index (κ2) is 5.78. The van der Waals surface area contributed by atoms with Gasteiger partial charge in [-0.25, -0.2) is 0 Å². The van der Waals surface area contributed by atoms with Crippen molar-refractivity contribution in [2.45, 2.75) is 13.8 Å². The Balaban J connectivity index is 0.000000671. The Morgan fingerprint density at radius 1 is 1.46 bits per heavy atom. The number of rotatable bonds is 1. The molecule has 3 nitrogen and oxygen atoms in total. The molecule has 1 rings (SSSR count). The highest BCUT2D eigenvalue weighted by molar-refractivity contribution is 5.41. The highest BCUT2D eigenvalue weighted by atomic mass is 16.6. The lowest BCUT2D eigenvalue weighted by atomic mass is 10.2. The molecule has 0 heterocycles. The smallest absolute Gasteiger partial charge is 0.258 e. The minimum atomic E-state index is -0.471. The van der Waals surface area contributed by atoms with Crippen LogP contribution in [0.2, 0.25) is 0 Å². The Morgan fingerprint density at radius 2 is 2.08 bits per heavy atom. The minimum absolute atomic E-state index is 0.0282. The molecular weight excluding hydrogens is 166 g/mol. The molecule has 0 aliphatic heterocycles. The lowest BCUT2D eigenvalue weighted by Gasteiger charge is -1.90. The molecular formula is C10H11NO2. The molecule has 0 amide bonds. The molecule has 0 fully saturated rings. The molecule has 0 aromatic heterocycles. The standard InChI is InChI=1S/C8H5NO2.C2H6/c1-2-7-4-3-5-8(6-7)9(10)11;1-2/h1,3-6H;1-2H3. The minimum Gasteiger partial charge on any atom is -0.258 e. The normalized spacial score (nSPS) is 7.77. The van der Waals surface area contributed by atoms with Gasteiger partial charge in [0.05, 0.1) is 4.92 Å². The first-order valence-electron chi connectivity index (χ1n) is 3.95. The van der Waals surface area contributed by atoms with Crippen LogP contribution in [0.3, 0.4) is 0 Å². The number of nitrogens with zero attached hydrogens (tertiary/aromatic N) is 1. The fourth-order valence-corrected chi connectivity index (χ4v) is 0.709. The molecule has 0 aliphatic rings. The van der Waals surface area contributed by atoms with Crippen LogP contribution >= 0.6 is 0 Å². The number of hydrogen-bond acceptors (Lipinski definition) is 2. The lowest BCUT2D eigenvalue weighted by molar-refractivity contribution is -0.384. The Morgan fingerprint density at radius 3 is 2.54 bits per heavy atom. The molecule has 0 unspecified atom stereocenters. The predicted molar refractivity (Wildman–Crippen MR) is 52.4 cm³/mol. The van der Waals surface area contributed by atoms with E-state index < -0.39 is 4.92 Å². The van der Waals surface area contributed by atoms with Gasteiger partial charge in [0, 0.05) is 17.7 Å². The highest BCUT2D eigenvalue weighted by Crippen LogP contribution is 2.11. The number of nitro benzene ring substituents is 1.